The molecule has 0 spiro atoms. The van der Waals surface area contributed by atoms with Crippen LogP contribution in [-0.4, -0.2) is 6.04 Å². The Kier molecular flexibility index (Phi) is 4.98. The molecule has 1 heterocycles. The SMILES string of the molecule is CC(CCc1ccco1)Nc1ccc(Br)cc1C(F)(F)F. The maximum atomic E-state index is 13.0. The molecule has 1 aromatic carbocycles. The van der Waals surface area contributed by atoms with E-state index in [9.17, 15) is 13.2 Å². The maximum absolute atomic E-state index is 13.0. The van der Waals surface area contributed by atoms with Gasteiger partial charge in [-0.2, -0.15) is 13.2 Å². The van der Waals surface area contributed by atoms with Crippen LogP contribution >= 0.6 is 15.9 Å². The molecule has 6 heteroatoms. The second-order valence-corrected chi connectivity index (χ2v) is 5.77. The van der Waals surface area contributed by atoms with Crippen molar-refractivity contribution in [3.05, 3.63) is 52.4 Å². The smallest absolute Gasteiger partial charge is 0.418 e. The highest BCUT2D eigenvalue weighted by Crippen LogP contribution is 2.36. The summed E-state index contributed by atoms with van der Waals surface area (Å²) in [5.74, 6) is 0.829. The fourth-order valence-corrected chi connectivity index (χ4v) is 2.39. The molecule has 0 radical (unpaired) electrons. The van der Waals surface area contributed by atoms with Crippen molar-refractivity contribution in [2.45, 2.75) is 32.0 Å². The van der Waals surface area contributed by atoms with Crippen molar-refractivity contribution in [2.75, 3.05) is 5.32 Å². The Morgan fingerprint density at radius 3 is 2.67 bits per heavy atom. The van der Waals surface area contributed by atoms with Crippen molar-refractivity contribution in [1.82, 2.24) is 0 Å². The second kappa shape index (κ2) is 6.56. The van der Waals surface area contributed by atoms with E-state index in [1.165, 1.54) is 6.07 Å². The molecular weight excluding hydrogens is 347 g/mol. The first kappa shape index (κ1) is 15.9. The third-order valence-corrected chi connectivity index (χ3v) is 3.59. The van der Waals surface area contributed by atoms with Gasteiger partial charge >= 0.3 is 6.18 Å². The number of halogens is 4. The average Bonchev–Trinajstić information content (AvgIpc) is 2.90. The molecule has 0 aliphatic rings. The van der Waals surface area contributed by atoms with Crippen LogP contribution in [0, 0.1) is 0 Å². The zero-order valence-electron chi connectivity index (χ0n) is 11.4. The highest BCUT2D eigenvalue weighted by molar-refractivity contribution is 9.10. The number of anilines is 1. The van der Waals surface area contributed by atoms with E-state index in [4.69, 9.17) is 4.42 Å². The molecule has 0 saturated carbocycles. The summed E-state index contributed by atoms with van der Waals surface area (Å²) in [4.78, 5) is 0. The molecule has 0 bridgehead atoms. The van der Waals surface area contributed by atoms with Crippen molar-refractivity contribution in [3.8, 4) is 0 Å². The summed E-state index contributed by atoms with van der Waals surface area (Å²) in [5, 5.41) is 2.92. The number of alkyl halides is 3. The molecule has 0 saturated heterocycles. The number of hydrogen-bond acceptors (Lipinski definition) is 2. The minimum atomic E-state index is -4.38. The van der Waals surface area contributed by atoms with Crippen LogP contribution in [0.15, 0.2) is 45.5 Å². The standard InChI is InChI=1S/C15H15BrF3NO/c1-10(4-6-12-3-2-8-21-12)20-14-7-5-11(16)9-13(14)15(17,18)19/h2-3,5,7-10,20H,4,6H2,1H3. The molecule has 1 atom stereocenters. The van der Waals surface area contributed by atoms with Gasteiger partial charge in [0.15, 0.2) is 0 Å². The predicted molar refractivity (Wildman–Crippen MR) is 79.3 cm³/mol. The van der Waals surface area contributed by atoms with E-state index in [0.29, 0.717) is 17.3 Å². The van der Waals surface area contributed by atoms with Crippen molar-refractivity contribution in [2.24, 2.45) is 0 Å². The van der Waals surface area contributed by atoms with Gasteiger partial charge in [0.1, 0.15) is 5.76 Å². The lowest BCUT2D eigenvalue weighted by atomic mass is 10.1. The minimum absolute atomic E-state index is 0.0950. The van der Waals surface area contributed by atoms with Gasteiger partial charge in [-0.1, -0.05) is 15.9 Å². The Hall–Kier alpha value is -1.43. The predicted octanol–water partition coefficient (Wildman–Crippen LogP) is 5.49. The van der Waals surface area contributed by atoms with E-state index in [2.05, 4.69) is 21.2 Å². The third-order valence-electron chi connectivity index (χ3n) is 3.09. The Balaban J connectivity index is 2.04. The number of rotatable bonds is 5. The third kappa shape index (κ3) is 4.52. The zero-order valence-corrected chi connectivity index (χ0v) is 13.0. The number of aryl methyl sites for hydroxylation is 1. The molecule has 2 aromatic rings. The van der Waals surface area contributed by atoms with E-state index in [0.717, 1.165) is 11.8 Å². The van der Waals surface area contributed by atoms with Crippen LogP contribution in [0.2, 0.25) is 0 Å². The van der Waals surface area contributed by atoms with Crippen LogP contribution in [0.1, 0.15) is 24.7 Å². The molecule has 0 aliphatic carbocycles. The Bertz CT molecular complexity index is 581. The van der Waals surface area contributed by atoms with Gasteiger partial charge in [0, 0.05) is 22.6 Å². The zero-order chi connectivity index (χ0) is 15.5. The summed E-state index contributed by atoms with van der Waals surface area (Å²) in [6.45, 7) is 1.85. The van der Waals surface area contributed by atoms with Gasteiger partial charge in [-0.05, 0) is 43.7 Å². The van der Waals surface area contributed by atoms with Gasteiger partial charge < -0.3 is 9.73 Å². The summed E-state index contributed by atoms with van der Waals surface area (Å²) in [6, 6.07) is 7.67. The highest BCUT2D eigenvalue weighted by atomic mass is 79.9. The number of hydrogen-bond donors (Lipinski definition) is 1. The van der Waals surface area contributed by atoms with E-state index >= 15 is 0 Å². The minimum Gasteiger partial charge on any atom is -0.469 e. The molecule has 2 rings (SSSR count). The number of nitrogens with one attached hydrogen (secondary N) is 1. The van der Waals surface area contributed by atoms with Crippen molar-refractivity contribution < 1.29 is 17.6 Å². The van der Waals surface area contributed by atoms with Crippen LogP contribution in [-0.2, 0) is 12.6 Å². The molecule has 2 nitrogen and oxygen atoms in total. The average molecular weight is 362 g/mol. The van der Waals surface area contributed by atoms with Crippen molar-refractivity contribution in [3.63, 3.8) is 0 Å². The summed E-state index contributed by atoms with van der Waals surface area (Å²) in [6.07, 6.45) is -1.43. The van der Waals surface area contributed by atoms with Gasteiger partial charge in [0.2, 0.25) is 0 Å². The lowest BCUT2D eigenvalue weighted by molar-refractivity contribution is -0.137. The Morgan fingerprint density at radius 1 is 1.29 bits per heavy atom. The topological polar surface area (TPSA) is 25.2 Å². The first-order chi connectivity index (χ1) is 9.86. The molecule has 0 amide bonds. The summed E-state index contributed by atoms with van der Waals surface area (Å²) in [5.41, 5.74) is -0.570. The fourth-order valence-electron chi connectivity index (χ4n) is 2.03. The largest absolute Gasteiger partial charge is 0.469 e. The van der Waals surface area contributed by atoms with Gasteiger partial charge in [-0.15, -0.1) is 0 Å². The van der Waals surface area contributed by atoms with E-state index in [1.54, 1.807) is 18.4 Å². The lowest BCUT2D eigenvalue weighted by Crippen LogP contribution is -2.19. The van der Waals surface area contributed by atoms with Gasteiger partial charge in [-0.3, -0.25) is 0 Å². The molecule has 114 valence electrons. The molecule has 1 unspecified atom stereocenters. The molecule has 21 heavy (non-hydrogen) atoms. The molecular formula is C15H15BrF3NO. The first-order valence-electron chi connectivity index (χ1n) is 6.52. The van der Waals surface area contributed by atoms with Crippen LogP contribution in [0.25, 0.3) is 0 Å². The van der Waals surface area contributed by atoms with Crippen molar-refractivity contribution >= 4 is 21.6 Å². The van der Waals surface area contributed by atoms with E-state index in [-0.39, 0.29) is 11.7 Å². The van der Waals surface area contributed by atoms with Crippen LogP contribution in [0.5, 0.6) is 0 Å². The highest BCUT2D eigenvalue weighted by Gasteiger charge is 2.33. The summed E-state index contributed by atoms with van der Waals surface area (Å²) < 4.78 is 44.7. The van der Waals surface area contributed by atoms with Gasteiger partial charge in [0.05, 0.1) is 11.8 Å². The first-order valence-corrected chi connectivity index (χ1v) is 7.31. The molecule has 1 N–H and O–H groups in total. The summed E-state index contributed by atoms with van der Waals surface area (Å²) >= 11 is 3.07. The van der Waals surface area contributed by atoms with Crippen LogP contribution in [0.3, 0.4) is 0 Å². The van der Waals surface area contributed by atoms with Gasteiger partial charge in [-0.25, -0.2) is 0 Å². The monoisotopic (exact) mass is 361 g/mol. The lowest BCUT2D eigenvalue weighted by Gasteiger charge is -2.19. The maximum Gasteiger partial charge on any atom is 0.418 e. The number of benzene rings is 1. The summed E-state index contributed by atoms with van der Waals surface area (Å²) in [7, 11) is 0. The molecule has 0 aliphatic heterocycles. The molecule has 1 aromatic heterocycles. The second-order valence-electron chi connectivity index (χ2n) is 4.85. The Labute approximate surface area is 129 Å². The van der Waals surface area contributed by atoms with Crippen LogP contribution in [0.4, 0.5) is 18.9 Å². The molecule has 0 fully saturated rings. The van der Waals surface area contributed by atoms with Crippen molar-refractivity contribution in [1.29, 1.82) is 0 Å². The normalized spacial score (nSPS) is 13.2. The quantitative estimate of drug-likeness (QED) is 0.761. The van der Waals surface area contributed by atoms with Gasteiger partial charge in [0.25, 0.3) is 0 Å². The van der Waals surface area contributed by atoms with E-state index < -0.39 is 11.7 Å². The Morgan fingerprint density at radius 2 is 2.05 bits per heavy atom. The fraction of sp³-hybridized carbons (Fsp3) is 0.333. The number of furan rings is 1. The van der Waals surface area contributed by atoms with Crippen LogP contribution < -0.4 is 5.32 Å². The van der Waals surface area contributed by atoms with E-state index in [1.807, 2.05) is 13.0 Å².